The number of benzene rings is 2. The molecule has 28 heavy (non-hydrogen) atoms. The number of hydrogen-bond acceptors (Lipinski definition) is 3. The van der Waals surface area contributed by atoms with Gasteiger partial charge < -0.3 is 14.8 Å². The predicted molar refractivity (Wildman–Crippen MR) is 115 cm³/mol. The Bertz CT molecular complexity index is 729. The van der Waals surface area contributed by atoms with Crippen LogP contribution < -0.4 is 14.8 Å². The number of carbonyl (C=O) groups is 1. The van der Waals surface area contributed by atoms with Gasteiger partial charge in [-0.1, -0.05) is 51.7 Å². The van der Waals surface area contributed by atoms with Crippen LogP contribution >= 0.6 is 0 Å². The maximum atomic E-state index is 12.6. The first-order chi connectivity index (χ1) is 13.6. The molecule has 2 rings (SSSR count). The van der Waals surface area contributed by atoms with Crippen LogP contribution in [0.15, 0.2) is 48.5 Å². The van der Waals surface area contributed by atoms with Crippen LogP contribution in [0.1, 0.15) is 69.7 Å². The maximum Gasteiger partial charge on any atom is 0.255 e. The summed E-state index contributed by atoms with van der Waals surface area (Å²) >= 11 is 0. The smallest absolute Gasteiger partial charge is 0.255 e. The highest BCUT2D eigenvalue weighted by Crippen LogP contribution is 2.20. The van der Waals surface area contributed by atoms with E-state index in [4.69, 9.17) is 9.47 Å². The van der Waals surface area contributed by atoms with Crippen molar-refractivity contribution in [2.45, 2.75) is 65.4 Å². The average Bonchev–Trinajstić information content (AvgIpc) is 2.71. The molecule has 1 atom stereocenters. The Hall–Kier alpha value is -2.49. The van der Waals surface area contributed by atoms with Crippen molar-refractivity contribution in [2.24, 2.45) is 0 Å². The zero-order chi connectivity index (χ0) is 20.2. The van der Waals surface area contributed by atoms with E-state index in [-0.39, 0.29) is 12.0 Å². The normalized spacial score (nSPS) is 11.7. The van der Waals surface area contributed by atoms with E-state index in [0.717, 1.165) is 24.3 Å². The van der Waals surface area contributed by atoms with E-state index in [1.807, 2.05) is 43.3 Å². The largest absolute Gasteiger partial charge is 0.494 e. The van der Waals surface area contributed by atoms with E-state index < -0.39 is 0 Å². The Balaban J connectivity index is 1.89. The molecule has 0 heterocycles. The fourth-order valence-electron chi connectivity index (χ4n) is 2.79. The lowest BCUT2D eigenvalue weighted by molar-refractivity contribution is 0.102. The zero-order valence-corrected chi connectivity index (χ0v) is 17.4. The summed E-state index contributed by atoms with van der Waals surface area (Å²) < 4.78 is 11.6. The van der Waals surface area contributed by atoms with Crippen molar-refractivity contribution >= 4 is 11.6 Å². The molecule has 0 spiro atoms. The van der Waals surface area contributed by atoms with Crippen LogP contribution in [0.5, 0.6) is 11.5 Å². The van der Waals surface area contributed by atoms with Gasteiger partial charge in [-0.15, -0.1) is 0 Å². The molecule has 2 aromatic rings. The van der Waals surface area contributed by atoms with Gasteiger partial charge >= 0.3 is 0 Å². The van der Waals surface area contributed by atoms with E-state index in [9.17, 15) is 4.79 Å². The Morgan fingerprint density at radius 3 is 2.50 bits per heavy atom. The third-order valence-electron chi connectivity index (χ3n) is 4.62. The highest BCUT2D eigenvalue weighted by molar-refractivity contribution is 6.04. The molecule has 0 saturated carbocycles. The minimum Gasteiger partial charge on any atom is -0.494 e. The highest BCUT2D eigenvalue weighted by Gasteiger charge is 2.09. The molecular weight excluding hydrogens is 350 g/mol. The lowest BCUT2D eigenvalue weighted by atomic mass is 10.2. The molecule has 0 aromatic heterocycles. The minimum absolute atomic E-state index is 0.120. The van der Waals surface area contributed by atoms with Gasteiger partial charge in [0.25, 0.3) is 5.91 Å². The van der Waals surface area contributed by atoms with E-state index in [2.05, 4.69) is 19.2 Å². The van der Waals surface area contributed by atoms with E-state index in [1.165, 1.54) is 25.7 Å². The lowest BCUT2D eigenvalue weighted by Gasteiger charge is -2.13. The second-order valence-corrected chi connectivity index (χ2v) is 7.11. The third-order valence-corrected chi connectivity index (χ3v) is 4.62. The van der Waals surface area contributed by atoms with Crippen molar-refractivity contribution in [3.8, 4) is 11.5 Å². The molecule has 1 amide bonds. The zero-order valence-electron chi connectivity index (χ0n) is 17.4. The van der Waals surface area contributed by atoms with Crippen LogP contribution in [0.4, 0.5) is 5.69 Å². The average molecular weight is 384 g/mol. The molecule has 1 unspecified atom stereocenters. The summed E-state index contributed by atoms with van der Waals surface area (Å²) in [7, 11) is 0. The number of amides is 1. The first-order valence-electron chi connectivity index (χ1n) is 10.4. The number of nitrogens with one attached hydrogen (secondary N) is 1. The highest BCUT2D eigenvalue weighted by atomic mass is 16.5. The van der Waals surface area contributed by atoms with Crippen LogP contribution in [0.25, 0.3) is 0 Å². The Labute approximate surface area is 169 Å². The molecule has 1 N–H and O–H groups in total. The van der Waals surface area contributed by atoms with Gasteiger partial charge in [-0.25, -0.2) is 0 Å². The summed E-state index contributed by atoms with van der Waals surface area (Å²) in [5.41, 5.74) is 1.30. The molecular formula is C24H33NO3. The van der Waals surface area contributed by atoms with Crippen molar-refractivity contribution < 1.29 is 14.3 Å². The summed E-state index contributed by atoms with van der Waals surface area (Å²) in [6.07, 6.45) is 7.07. The van der Waals surface area contributed by atoms with Crippen molar-refractivity contribution in [1.29, 1.82) is 0 Å². The minimum atomic E-state index is -0.161. The molecule has 4 heteroatoms. The molecule has 0 saturated heterocycles. The van der Waals surface area contributed by atoms with E-state index in [1.54, 1.807) is 12.1 Å². The molecule has 0 aliphatic carbocycles. The van der Waals surface area contributed by atoms with Crippen LogP contribution in [0, 0.1) is 0 Å². The van der Waals surface area contributed by atoms with Crippen molar-refractivity contribution in [2.75, 3.05) is 11.9 Å². The Kier molecular flexibility index (Phi) is 9.40. The molecule has 2 aromatic carbocycles. The summed E-state index contributed by atoms with van der Waals surface area (Å²) in [5.74, 6) is 1.33. The van der Waals surface area contributed by atoms with Crippen LogP contribution in [0.2, 0.25) is 0 Å². The first kappa shape index (κ1) is 21.8. The number of anilines is 1. The standard InChI is InChI=1S/C24H33NO3/c1-4-6-7-8-9-16-27-22-14-11-13-21(18-22)25-24(26)20-12-10-15-23(17-20)28-19(3)5-2/h10-15,17-19H,4-9,16H2,1-3H3,(H,25,26). The van der Waals surface area contributed by atoms with Gasteiger partial charge in [0.1, 0.15) is 11.5 Å². The molecule has 152 valence electrons. The first-order valence-corrected chi connectivity index (χ1v) is 10.4. The second kappa shape index (κ2) is 12.1. The molecule has 0 bridgehead atoms. The van der Waals surface area contributed by atoms with Gasteiger partial charge in [0, 0.05) is 17.3 Å². The number of ether oxygens (including phenoxy) is 2. The van der Waals surface area contributed by atoms with E-state index in [0.29, 0.717) is 17.9 Å². The molecule has 4 nitrogen and oxygen atoms in total. The van der Waals surface area contributed by atoms with Crippen molar-refractivity contribution in [1.82, 2.24) is 0 Å². The molecule has 0 fully saturated rings. The second-order valence-electron chi connectivity index (χ2n) is 7.11. The number of rotatable bonds is 12. The Morgan fingerprint density at radius 1 is 0.964 bits per heavy atom. The van der Waals surface area contributed by atoms with Crippen LogP contribution in [0.3, 0.4) is 0 Å². The SMILES string of the molecule is CCCCCCCOc1cccc(NC(=O)c2cccc(OC(C)CC)c2)c1. The van der Waals surface area contributed by atoms with Crippen LogP contribution in [-0.2, 0) is 0 Å². The van der Waals surface area contributed by atoms with Gasteiger partial charge in [-0.2, -0.15) is 0 Å². The number of hydrogen-bond donors (Lipinski definition) is 1. The molecule has 0 aliphatic rings. The van der Waals surface area contributed by atoms with E-state index >= 15 is 0 Å². The fraction of sp³-hybridized carbons (Fsp3) is 0.458. The molecule has 0 aliphatic heterocycles. The van der Waals surface area contributed by atoms with Crippen molar-refractivity contribution in [3.63, 3.8) is 0 Å². The summed E-state index contributed by atoms with van der Waals surface area (Å²) in [4.78, 5) is 12.6. The van der Waals surface area contributed by atoms with Gasteiger partial charge in [-0.05, 0) is 50.1 Å². The van der Waals surface area contributed by atoms with Crippen molar-refractivity contribution in [3.05, 3.63) is 54.1 Å². The number of unbranched alkanes of at least 4 members (excludes halogenated alkanes) is 4. The Morgan fingerprint density at radius 2 is 1.71 bits per heavy atom. The van der Waals surface area contributed by atoms with Gasteiger partial charge in [0.05, 0.1) is 12.7 Å². The lowest BCUT2D eigenvalue weighted by Crippen LogP contribution is -2.13. The van der Waals surface area contributed by atoms with Gasteiger partial charge in [0.2, 0.25) is 0 Å². The quantitative estimate of drug-likeness (QED) is 0.428. The third kappa shape index (κ3) is 7.63. The molecule has 0 radical (unpaired) electrons. The summed E-state index contributed by atoms with van der Waals surface area (Å²) in [6.45, 7) is 7.00. The summed E-state index contributed by atoms with van der Waals surface area (Å²) in [6, 6.07) is 14.8. The van der Waals surface area contributed by atoms with Crippen LogP contribution in [-0.4, -0.2) is 18.6 Å². The maximum absolute atomic E-state index is 12.6. The number of carbonyl (C=O) groups excluding carboxylic acids is 1. The monoisotopic (exact) mass is 383 g/mol. The topological polar surface area (TPSA) is 47.6 Å². The van der Waals surface area contributed by atoms with Gasteiger partial charge in [0.15, 0.2) is 0 Å². The van der Waals surface area contributed by atoms with Gasteiger partial charge in [-0.3, -0.25) is 4.79 Å². The summed E-state index contributed by atoms with van der Waals surface area (Å²) in [5, 5.41) is 2.94. The fourth-order valence-corrected chi connectivity index (χ4v) is 2.79. The predicted octanol–water partition coefficient (Wildman–Crippen LogP) is 6.47.